The second-order valence-corrected chi connectivity index (χ2v) is 6.49. The molecule has 0 amide bonds. The fraction of sp³-hybridized carbons (Fsp3) is 0.611. The average Bonchev–Trinajstić information content (AvgIpc) is 2.94. The number of rotatable bonds is 4. The lowest BCUT2D eigenvalue weighted by Gasteiger charge is -2.29. The van der Waals surface area contributed by atoms with Crippen LogP contribution in [0.5, 0.6) is 0 Å². The van der Waals surface area contributed by atoms with E-state index in [-0.39, 0.29) is 5.92 Å². The third kappa shape index (κ3) is 2.80. The van der Waals surface area contributed by atoms with E-state index in [4.69, 9.17) is 5.73 Å². The molecular weight excluding hydrogens is 246 g/mol. The molecule has 2 aliphatic rings. The van der Waals surface area contributed by atoms with Crippen LogP contribution in [0.15, 0.2) is 18.2 Å². The number of ketones is 1. The van der Waals surface area contributed by atoms with Gasteiger partial charge in [0.2, 0.25) is 0 Å². The SMILES string of the molecule is NCC1CCCCC1C(=O)Cc1ccc2c(c1)CCC2. The van der Waals surface area contributed by atoms with Crippen molar-refractivity contribution in [3.8, 4) is 0 Å². The molecule has 0 saturated heterocycles. The third-order valence-electron chi connectivity index (χ3n) is 5.17. The fourth-order valence-electron chi connectivity index (χ4n) is 3.98. The molecule has 1 saturated carbocycles. The van der Waals surface area contributed by atoms with Gasteiger partial charge in [0, 0.05) is 12.3 Å². The average molecular weight is 271 g/mol. The molecule has 1 aromatic rings. The molecule has 2 aliphatic carbocycles. The number of carbonyl (C=O) groups excluding carboxylic acids is 1. The number of nitrogens with two attached hydrogens (primary N) is 1. The first-order valence-corrected chi connectivity index (χ1v) is 8.11. The largest absolute Gasteiger partial charge is 0.330 e. The zero-order valence-corrected chi connectivity index (χ0v) is 12.2. The van der Waals surface area contributed by atoms with Crippen molar-refractivity contribution >= 4 is 5.78 Å². The molecule has 3 rings (SSSR count). The van der Waals surface area contributed by atoms with E-state index in [2.05, 4.69) is 18.2 Å². The second kappa shape index (κ2) is 6.09. The highest BCUT2D eigenvalue weighted by molar-refractivity contribution is 5.83. The number of hydrogen-bond acceptors (Lipinski definition) is 2. The van der Waals surface area contributed by atoms with Gasteiger partial charge in [0.1, 0.15) is 5.78 Å². The smallest absolute Gasteiger partial charge is 0.140 e. The lowest BCUT2D eigenvalue weighted by molar-refractivity contribution is -0.124. The fourth-order valence-corrected chi connectivity index (χ4v) is 3.98. The Kier molecular flexibility index (Phi) is 4.21. The molecule has 0 radical (unpaired) electrons. The molecule has 0 heterocycles. The Morgan fingerprint density at radius 2 is 1.90 bits per heavy atom. The summed E-state index contributed by atoms with van der Waals surface area (Å²) in [5.74, 6) is 1.05. The van der Waals surface area contributed by atoms with Gasteiger partial charge in [-0.3, -0.25) is 4.79 Å². The normalized spacial score (nSPS) is 25.4. The molecule has 0 aliphatic heterocycles. The van der Waals surface area contributed by atoms with Crippen molar-refractivity contribution in [2.45, 2.75) is 51.4 Å². The number of Topliss-reactive ketones (excluding diaryl/α,β-unsaturated/α-hetero) is 1. The van der Waals surface area contributed by atoms with Gasteiger partial charge < -0.3 is 5.73 Å². The predicted molar refractivity (Wildman–Crippen MR) is 81.7 cm³/mol. The van der Waals surface area contributed by atoms with E-state index in [1.54, 1.807) is 0 Å². The maximum atomic E-state index is 12.6. The Hall–Kier alpha value is -1.15. The van der Waals surface area contributed by atoms with Crippen LogP contribution in [0.25, 0.3) is 0 Å². The van der Waals surface area contributed by atoms with Crippen molar-refractivity contribution in [2.75, 3.05) is 6.54 Å². The van der Waals surface area contributed by atoms with Crippen LogP contribution in [-0.2, 0) is 24.1 Å². The van der Waals surface area contributed by atoms with Crippen molar-refractivity contribution in [3.05, 3.63) is 34.9 Å². The molecule has 0 bridgehead atoms. The highest BCUT2D eigenvalue weighted by Gasteiger charge is 2.29. The maximum absolute atomic E-state index is 12.6. The van der Waals surface area contributed by atoms with Gasteiger partial charge in [-0.15, -0.1) is 0 Å². The minimum absolute atomic E-state index is 0.210. The van der Waals surface area contributed by atoms with Crippen LogP contribution in [-0.4, -0.2) is 12.3 Å². The molecule has 0 aromatic heterocycles. The monoisotopic (exact) mass is 271 g/mol. The number of benzene rings is 1. The van der Waals surface area contributed by atoms with Gasteiger partial charge in [-0.2, -0.15) is 0 Å². The number of fused-ring (bicyclic) bond motifs is 1. The number of aryl methyl sites for hydroxylation is 2. The summed E-state index contributed by atoms with van der Waals surface area (Å²) in [6.45, 7) is 0.667. The first-order chi connectivity index (χ1) is 9.78. The molecule has 2 nitrogen and oxygen atoms in total. The maximum Gasteiger partial charge on any atom is 0.140 e. The second-order valence-electron chi connectivity index (χ2n) is 6.49. The van der Waals surface area contributed by atoms with Gasteiger partial charge in [0.15, 0.2) is 0 Å². The van der Waals surface area contributed by atoms with E-state index >= 15 is 0 Å². The standard InChI is InChI=1S/C18H25NO/c19-12-16-4-1-2-7-17(16)18(20)11-13-8-9-14-5-3-6-15(14)10-13/h8-10,16-17H,1-7,11-12,19H2. The van der Waals surface area contributed by atoms with Crippen LogP contribution in [0.1, 0.15) is 48.8 Å². The highest BCUT2D eigenvalue weighted by atomic mass is 16.1. The number of carbonyl (C=O) groups is 1. The lowest BCUT2D eigenvalue weighted by atomic mass is 9.75. The van der Waals surface area contributed by atoms with Crippen molar-refractivity contribution in [1.29, 1.82) is 0 Å². The van der Waals surface area contributed by atoms with Crippen molar-refractivity contribution in [2.24, 2.45) is 17.6 Å². The van der Waals surface area contributed by atoms with E-state index in [0.29, 0.717) is 24.7 Å². The molecule has 1 fully saturated rings. The summed E-state index contributed by atoms with van der Waals surface area (Å²) in [5, 5.41) is 0. The zero-order valence-electron chi connectivity index (χ0n) is 12.2. The Morgan fingerprint density at radius 3 is 2.75 bits per heavy atom. The summed E-state index contributed by atoms with van der Waals surface area (Å²) in [5.41, 5.74) is 10.0. The van der Waals surface area contributed by atoms with Crippen LogP contribution in [0.4, 0.5) is 0 Å². The van der Waals surface area contributed by atoms with E-state index in [1.807, 2.05) is 0 Å². The quantitative estimate of drug-likeness (QED) is 0.914. The molecule has 2 N–H and O–H groups in total. The van der Waals surface area contributed by atoms with Crippen LogP contribution >= 0.6 is 0 Å². The topological polar surface area (TPSA) is 43.1 Å². The van der Waals surface area contributed by atoms with E-state index in [1.165, 1.54) is 48.8 Å². The summed E-state index contributed by atoms with van der Waals surface area (Å²) >= 11 is 0. The first-order valence-electron chi connectivity index (χ1n) is 8.11. The summed E-state index contributed by atoms with van der Waals surface area (Å²) in [7, 11) is 0. The first kappa shape index (κ1) is 13.8. The Bertz CT molecular complexity index is 494. The summed E-state index contributed by atoms with van der Waals surface area (Å²) < 4.78 is 0. The minimum Gasteiger partial charge on any atom is -0.330 e. The molecule has 2 heteroatoms. The minimum atomic E-state index is 0.210. The molecule has 1 aromatic carbocycles. The Balaban J connectivity index is 1.69. The molecular formula is C18H25NO. The third-order valence-corrected chi connectivity index (χ3v) is 5.17. The summed E-state index contributed by atoms with van der Waals surface area (Å²) in [6.07, 6.45) is 8.89. The van der Waals surface area contributed by atoms with Gasteiger partial charge in [-0.05, 0) is 61.3 Å². The Morgan fingerprint density at radius 1 is 1.10 bits per heavy atom. The van der Waals surface area contributed by atoms with Gasteiger partial charge in [0.25, 0.3) is 0 Å². The van der Waals surface area contributed by atoms with Gasteiger partial charge in [-0.1, -0.05) is 31.0 Å². The molecule has 0 spiro atoms. The predicted octanol–water partition coefficient (Wildman–Crippen LogP) is 3.05. The van der Waals surface area contributed by atoms with Crippen molar-refractivity contribution in [1.82, 2.24) is 0 Å². The van der Waals surface area contributed by atoms with Gasteiger partial charge in [-0.25, -0.2) is 0 Å². The van der Waals surface area contributed by atoms with E-state index in [9.17, 15) is 4.79 Å². The van der Waals surface area contributed by atoms with E-state index in [0.717, 1.165) is 12.8 Å². The zero-order chi connectivity index (χ0) is 13.9. The molecule has 2 unspecified atom stereocenters. The Labute approximate surface area is 121 Å². The summed E-state index contributed by atoms with van der Waals surface area (Å²) in [6, 6.07) is 6.65. The van der Waals surface area contributed by atoms with Crippen LogP contribution < -0.4 is 5.73 Å². The summed E-state index contributed by atoms with van der Waals surface area (Å²) in [4.78, 5) is 12.6. The molecule has 20 heavy (non-hydrogen) atoms. The molecule has 108 valence electrons. The van der Waals surface area contributed by atoms with Crippen LogP contribution in [0.2, 0.25) is 0 Å². The molecule has 2 atom stereocenters. The van der Waals surface area contributed by atoms with Gasteiger partial charge in [0.05, 0.1) is 0 Å². The van der Waals surface area contributed by atoms with Gasteiger partial charge >= 0.3 is 0 Å². The lowest BCUT2D eigenvalue weighted by Crippen LogP contribution is -2.33. The van der Waals surface area contributed by atoms with Crippen molar-refractivity contribution < 1.29 is 4.79 Å². The van der Waals surface area contributed by atoms with E-state index < -0.39 is 0 Å². The van der Waals surface area contributed by atoms with Crippen molar-refractivity contribution in [3.63, 3.8) is 0 Å². The highest BCUT2D eigenvalue weighted by Crippen LogP contribution is 2.31. The van der Waals surface area contributed by atoms with Crippen LogP contribution in [0.3, 0.4) is 0 Å². The number of hydrogen-bond donors (Lipinski definition) is 1. The van der Waals surface area contributed by atoms with Crippen LogP contribution in [0, 0.1) is 11.8 Å².